The first kappa shape index (κ1) is 17.8. The van der Waals surface area contributed by atoms with Crippen LogP contribution in [0.1, 0.15) is 25.7 Å². The van der Waals surface area contributed by atoms with E-state index < -0.39 is 0 Å². The van der Waals surface area contributed by atoms with Crippen LogP contribution in [-0.2, 0) is 4.79 Å². The van der Waals surface area contributed by atoms with Crippen LogP contribution in [0.15, 0.2) is 0 Å². The Morgan fingerprint density at radius 3 is 1.83 bits per heavy atom. The van der Waals surface area contributed by atoms with Gasteiger partial charge in [0.2, 0.25) is 0 Å². The molecule has 108 valence electrons. The molecule has 4 nitrogen and oxygen atoms in total. The van der Waals surface area contributed by atoms with Gasteiger partial charge in [0.25, 0.3) is 0 Å². The number of ketones is 1. The largest absolute Gasteiger partial charge is 0.317 e. The summed E-state index contributed by atoms with van der Waals surface area (Å²) in [5.41, 5.74) is 0. The molecule has 0 amide bonds. The number of carbonyl (C=O) groups excluding carboxylic acids is 1. The van der Waals surface area contributed by atoms with Crippen molar-refractivity contribution >= 4 is 18.2 Å². The third kappa shape index (κ3) is 7.31. The first-order valence-corrected chi connectivity index (χ1v) is 6.68. The molecule has 0 saturated carbocycles. The molecule has 2 fully saturated rings. The maximum absolute atomic E-state index is 10.6. The summed E-state index contributed by atoms with van der Waals surface area (Å²) in [6, 6.07) is 0.779. The second-order valence-corrected chi connectivity index (χ2v) is 5.21. The van der Waals surface area contributed by atoms with Crippen LogP contribution in [0.3, 0.4) is 0 Å². The van der Waals surface area contributed by atoms with Crippen LogP contribution in [0.4, 0.5) is 0 Å². The van der Waals surface area contributed by atoms with E-state index in [1.807, 2.05) is 7.05 Å². The zero-order valence-corrected chi connectivity index (χ0v) is 12.8. The molecule has 0 bridgehead atoms. The molecule has 0 spiro atoms. The molecule has 2 rings (SSSR count). The molecule has 2 aliphatic rings. The zero-order valence-electron chi connectivity index (χ0n) is 11.9. The summed E-state index contributed by atoms with van der Waals surface area (Å²) in [6.45, 7) is 4.43. The predicted molar refractivity (Wildman–Crippen MR) is 78.6 cm³/mol. The molecule has 0 aromatic rings. The van der Waals surface area contributed by atoms with Gasteiger partial charge in [-0.3, -0.25) is 4.79 Å². The van der Waals surface area contributed by atoms with Crippen molar-refractivity contribution < 1.29 is 4.79 Å². The van der Waals surface area contributed by atoms with Gasteiger partial charge in [-0.25, -0.2) is 0 Å². The summed E-state index contributed by atoms with van der Waals surface area (Å²) in [5, 5.41) is 3.30. The lowest BCUT2D eigenvalue weighted by atomic mass is 10.1. The summed E-state index contributed by atoms with van der Waals surface area (Å²) < 4.78 is 0. The lowest BCUT2D eigenvalue weighted by Gasteiger charge is -2.28. The van der Waals surface area contributed by atoms with Crippen molar-refractivity contribution in [3.05, 3.63) is 0 Å². The second kappa shape index (κ2) is 9.73. The minimum atomic E-state index is 0. The van der Waals surface area contributed by atoms with E-state index >= 15 is 0 Å². The Labute approximate surface area is 117 Å². The van der Waals surface area contributed by atoms with Gasteiger partial charge in [-0.15, -0.1) is 12.4 Å². The molecule has 2 aliphatic heterocycles. The third-order valence-electron chi connectivity index (χ3n) is 3.67. The van der Waals surface area contributed by atoms with E-state index in [4.69, 9.17) is 0 Å². The van der Waals surface area contributed by atoms with Gasteiger partial charge in [0, 0.05) is 32.0 Å². The molecule has 18 heavy (non-hydrogen) atoms. The van der Waals surface area contributed by atoms with E-state index in [0.717, 1.165) is 32.0 Å². The first-order valence-electron chi connectivity index (χ1n) is 6.68. The standard InChI is InChI=1S/C7H16N2.C6H11NO.ClH/c1-8-7-3-5-9(2)6-4-7;1-7-4-2-6(8)3-5-7;/h7-8H,3-6H2,1-2H3;2-5H2,1H3;1H. The topological polar surface area (TPSA) is 35.6 Å². The minimum Gasteiger partial charge on any atom is -0.317 e. The molecule has 0 atom stereocenters. The molecule has 0 unspecified atom stereocenters. The normalized spacial score (nSPS) is 22.9. The summed E-state index contributed by atoms with van der Waals surface area (Å²) in [5.74, 6) is 0.420. The monoisotopic (exact) mass is 277 g/mol. The number of hydrogen-bond acceptors (Lipinski definition) is 4. The van der Waals surface area contributed by atoms with Crippen LogP contribution in [-0.4, -0.2) is 68.9 Å². The Morgan fingerprint density at radius 1 is 1.00 bits per heavy atom. The average Bonchev–Trinajstić information content (AvgIpc) is 2.35. The molecule has 5 heteroatoms. The molecule has 0 aromatic carbocycles. The van der Waals surface area contributed by atoms with Crippen LogP contribution in [0.2, 0.25) is 0 Å². The fraction of sp³-hybridized carbons (Fsp3) is 0.923. The lowest BCUT2D eigenvalue weighted by Crippen LogP contribution is -2.39. The van der Waals surface area contributed by atoms with Gasteiger partial charge in [0.15, 0.2) is 0 Å². The third-order valence-corrected chi connectivity index (χ3v) is 3.67. The van der Waals surface area contributed by atoms with Crippen molar-refractivity contribution in [2.45, 2.75) is 31.7 Å². The van der Waals surface area contributed by atoms with Gasteiger partial charge in [0.1, 0.15) is 5.78 Å². The van der Waals surface area contributed by atoms with E-state index in [9.17, 15) is 4.79 Å². The summed E-state index contributed by atoms with van der Waals surface area (Å²) >= 11 is 0. The van der Waals surface area contributed by atoms with E-state index in [1.54, 1.807) is 0 Å². The van der Waals surface area contributed by atoms with Crippen molar-refractivity contribution in [2.24, 2.45) is 0 Å². The van der Waals surface area contributed by atoms with E-state index in [-0.39, 0.29) is 12.4 Å². The quantitative estimate of drug-likeness (QED) is 0.776. The van der Waals surface area contributed by atoms with Crippen LogP contribution in [0, 0.1) is 0 Å². The summed E-state index contributed by atoms with van der Waals surface area (Å²) in [4.78, 5) is 15.1. The summed E-state index contributed by atoms with van der Waals surface area (Å²) in [7, 11) is 6.29. The molecule has 0 aliphatic carbocycles. The SMILES string of the molecule is CN1CCC(=O)CC1.CNC1CCN(C)CC1.Cl. The molecule has 0 aromatic heterocycles. The molecular formula is C13H28ClN3O. The molecule has 2 heterocycles. The molecule has 1 N–H and O–H groups in total. The number of piperidine rings is 2. The highest BCUT2D eigenvalue weighted by Crippen LogP contribution is 2.06. The van der Waals surface area contributed by atoms with Crippen molar-refractivity contribution in [3.8, 4) is 0 Å². The van der Waals surface area contributed by atoms with Crippen molar-refractivity contribution in [1.82, 2.24) is 15.1 Å². The van der Waals surface area contributed by atoms with Gasteiger partial charge in [-0.2, -0.15) is 0 Å². The highest BCUT2D eigenvalue weighted by Gasteiger charge is 2.13. The number of nitrogens with one attached hydrogen (secondary N) is 1. The van der Waals surface area contributed by atoms with Crippen LogP contribution in [0.25, 0.3) is 0 Å². The smallest absolute Gasteiger partial charge is 0.135 e. The van der Waals surface area contributed by atoms with Crippen LogP contribution >= 0.6 is 12.4 Å². The Bertz CT molecular complexity index is 220. The van der Waals surface area contributed by atoms with E-state index in [1.165, 1.54) is 25.9 Å². The predicted octanol–water partition coefficient (Wildman–Crippen LogP) is 1.00. The van der Waals surface area contributed by atoms with Crippen LogP contribution in [0.5, 0.6) is 0 Å². The maximum atomic E-state index is 10.6. The van der Waals surface area contributed by atoms with Gasteiger partial charge in [-0.05, 0) is 47.1 Å². The van der Waals surface area contributed by atoms with Crippen molar-refractivity contribution in [1.29, 1.82) is 0 Å². The molecule has 0 radical (unpaired) electrons. The number of nitrogens with zero attached hydrogens (tertiary/aromatic N) is 2. The molecular weight excluding hydrogens is 250 g/mol. The number of likely N-dealkylation sites (tertiary alicyclic amines) is 2. The van der Waals surface area contributed by atoms with Crippen molar-refractivity contribution in [3.63, 3.8) is 0 Å². The maximum Gasteiger partial charge on any atom is 0.135 e. The number of halogens is 1. The van der Waals surface area contributed by atoms with E-state index in [0.29, 0.717) is 5.78 Å². The average molecular weight is 278 g/mol. The van der Waals surface area contributed by atoms with Gasteiger partial charge >= 0.3 is 0 Å². The number of rotatable bonds is 1. The zero-order chi connectivity index (χ0) is 12.7. The first-order chi connectivity index (χ1) is 8.11. The number of Topliss-reactive ketones (excluding diaryl/α,β-unsaturated/α-hetero) is 1. The fourth-order valence-corrected chi connectivity index (χ4v) is 2.17. The molecule has 2 saturated heterocycles. The number of carbonyl (C=O) groups is 1. The highest BCUT2D eigenvalue weighted by molar-refractivity contribution is 5.85. The van der Waals surface area contributed by atoms with Crippen LogP contribution < -0.4 is 5.32 Å². The Balaban J connectivity index is 0.000000306. The van der Waals surface area contributed by atoms with Gasteiger partial charge in [0.05, 0.1) is 0 Å². The highest BCUT2D eigenvalue weighted by atomic mass is 35.5. The Morgan fingerprint density at radius 2 is 1.44 bits per heavy atom. The second-order valence-electron chi connectivity index (χ2n) is 5.21. The lowest BCUT2D eigenvalue weighted by molar-refractivity contribution is -0.121. The Hall–Kier alpha value is -0.160. The fourth-order valence-electron chi connectivity index (χ4n) is 2.17. The minimum absolute atomic E-state index is 0. The van der Waals surface area contributed by atoms with Crippen molar-refractivity contribution in [2.75, 3.05) is 47.3 Å². The summed E-state index contributed by atoms with van der Waals surface area (Å²) in [6.07, 6.45) is 4.15. The van der Waals surface area contributed by atoms with Gasteiger partial charge in [-0.1, -0.05) is 0 Å². The number of hydrogen-bond donors (Lipinski definition) is 1. The Kier molecular flexibility index (Phi) is 9.64. The van der Waals surface area contributed by atoms with E-state index in [2.05, 4.69) is 29.2 Å². The van der Waals surface area contributed by atoms with Gasteiger partial charge < -0.3 is 15.1 Å².